The van der Waals surface area contributed by atoms with E-state index in [0.29, 0.717) is 16.5 Å². The first kappa shape index (κ1) is 19.3. The van der Waals surface area contributed by atoms with Crippen molar-refractivity contribution < 1.29 is 18.0 Å². The SMILES string of the molecule is Cc1ccc2[nH]ncc2c1-c1nc(-c2ccnc(C(F)(F)F)c2)nc(C(N)=O)c1N. The summed E-state index contributed by atoms with van der Waals surface area (Å²) < 4.78 is 39.3. The van der Waals surface area contributed by atoms with E-state index in [9.17, 15) is 18.0 Å². The molecule has 4 aromatic rings. The highest BCUT2D eigenvalue weighted by Crippen LogP contribution is 2.36. The topological polar surface area (TPSA) is 136 Å². The van der Waals surface area contributed by atoms with Crippen LogP contribution in [0.15, 0.2) is 36.7 Å². The predicted molar refractivity (Wildman–Crippen MR) is 103 cm³/mol. The van der Waals surface area contributed by atoms with Gasteiger partial charge in [-0.3, -0.25) is 14.9 Å². The lowest BCUT2D eigenvalue weighted by molar-refractivity contribution is -0.141. The molecule has 0 aliphatic rings. The minimum atomic E-state index is -4.65. The van der Waals surface area contributed by atoms with Gasteiger partial charge in [0, 0.05) is 22.7 Å². The van der Waals surface area contributed by atoms with Gasteiger partial charge in [0.2, 0.25) is 0 Å². The third-order valence-corrected chi connectivity index (χ3v) is 4.56. The molecule has 0 bridgehead atoms. The van der Waals surface area contributed by atoms with E-state index in [-0.39, 0.29) is 28.5 Å². The summed E-state index contributed by atoms with van der Waals surface area (Å²) in [5.74, 6) is -1.07. The number of halogens is 3. The number of alkyl halides is 3. The third kappa shape index (κ3) is 3.19. The summed E-state index contributed by atoms with van der Waals surface area (Å²) in [5, 5.41) is 7.50. The van der Waals surface area contributed by atoms with Crippen LogP contribution in [0.25, 0.3) is 33.5 Å². The van der Waals surface area contributed by atoms with Gasteiger partial charge in [0.15, 0.2) is 11.5 Å². The molecule has 0 atom stereocenters. The Kier molecular flexibility index (Phi) is 4.37. The summed E-state index contributed by atoms with van der Waals surface area (Å²) in [5.41, 5.74) is 12.3. The standard InChI is InChI=1S/C19H14F3N7O/c1-8-2-3-11-10(7-26-29-11)13(8)15-14(23)16(17(24)30)28-18(27-15)9-4-5-25-12(6-9)19(20,21)22/h2-7H,23H2,1H3,(H2,24,30)(H,26,29). The molecule has 8 nitrogen and oxygen atoms in total. The molecule has 4 rings (SSSR count). The summed E-state index contributed by atoms with van der Waals surface area (Å²) in [6.07, 6.45) is -2.10. The highest BCUT2D eigenvalue weighted by Gasteiger charge is 2.33. The highest BCUT2D eigenvalue weighted by molar-refractivity contribution is 6.04. The number of fused-ring (bicyclic) bond motifs is 1. The number of nitrogens with zero attached hydrogens (tertiary/aromatic N) is 4. The first-order chi connectivity index (χ1) is 14.2. The van der Waals surface area contributed by atoms with Gasteiger partial charge in [-0.05, 0) is 30.7 Å². The molecule has 0 saturated carbocycles. The highest BCUT2D eigenvalue weighted by atomic mass is 19.4. The first-order valence-electron chi connectivity index (χ1n) is 8.61. The molecular weight excluding hydrogens is 399 g/mol. The van der Waals surface area contributed by atoms with Gasteiger partial charge in [-0.25, -0.2) is 9.97 Å². The van der Waals surface area contributed by atoms with Crippen LogP contribution >= 0.6 is 0 Å². The van der Waals surface area contributed by atoms with E-state index in [2.05, 4.69) is 25.1 Å². The van der Waals surface area contributed by atoms with Crippen LogP contribution in [0.3, 0.4) is 0 Å². The van der Waals surface area contributed by atoms with Crippen molar-refractivity contribution in [1.29, 1.82) is 0 Å². The summed E-state index contributed by atoms with van der Waals surface area (Å²) in [6, 6.07) is 5.72. The number of aromatic nitrogens is 5. The van der Waals surface area contributed by atoms with E-state index < -0.39 is 17.8 Å². The maximum atomic E-state index is 13.1. The molecule has 0 unspecified atom stereocenters. The average molecular weight is 413 g/mol. The van der Waals surface area contributed by atoms with Gasteiger partial charge in [-0.15, -0.1) is 0 Å². The van der Waals surface area contributed by atoms with Crippen molar-refractivity contribution in [3.63, 3.8) is 0 Å². The largest absolute Gasteiger partial charge is 0.433 e. The number of rotatable bonds is 3. The normalized spacial score (nSPS) is 11.7. The van der Waals surface area contributed by atoms with E-state index in [1.165, 1.54) is 6.07 Å². The average Bonchev–Trinajstić information content (AvgIpc) is 3.16. The number of carbonyl (C=O) groups is 1. The van der Waals surface area contributed by atoms with Crippen LogP contribution in [0.4, 0.5) is 18.9 Å². The smallest absolute Gasteiger partial charge is 0.395 e. The molecule has 0 aliphatic carbocycles. The minimum absolute atomic E-state index is 0.0121. The van der Waals surface area contributed by atoms with Crippen molar-refractivity contribution in [2.75, 3.05) is 5.73 Å². The van der Waals surface area contributed by atoms with Crippen molar-refractivity contribution in [1.82, 2.24) is 25.1 Å². The number of pyridine rings is 1. The molecule has 0 fully saturated rings. The fourth-order valence-corrected chi connectivity index (χ4v) is 3.14. The van der Waals surface area contributed by atoms with Gasteiger partial charge in [-0.2, -0.15) is 18.3 Å². The fraction of sp³-hybridized carbons (Fsp3) is 0.105. The Morgan fingerprint density at radius 3 is 2.63 bits per heavy atom. The number of carbonyl (C=O) groups excluding carboxylic acids is 1. The Labute approximate surface area is 167 Å². The Morgan fingerprint density at radius 1 is 1.17 bits per heavy atom. The van der Waals surface area contributed by atoms with Crippen LogP contribution < -0.4 is 11.5 Å². The number of nitrogens with two attached hydrogens (primary N) is 2. The Bertz CT molecular complexity index is 1300. The van der Waals surface area contributed by atoms with Gasteiger partial charge in [0.05, 0.1) is 23.1 Å². The monoisotopic (exact) mass is 413 g/mol. The van der Waals surface area contributed by atoms with Gasteiger partial charge < -0.3 is 11.5 Å². The first-order valence-corrected chi connectivity index (χ1v) is 8.61. The zero-order chi connectivity index (χ0) is 21.6. The number of benzene rings is 1. The van der Waals surface area contributed by atoms with Crippen molar-refractivity contribution in [3.05, 3.63) is 53.6 Å². The van der Waals surface area contributed by atoms with Gasteiger partial charge >= 0.3 is 6.18 Å². The number of H-pyrrole nitrogens is 1. The van der Waals surface area contributed by atoms with E-state index in [1.54, 1.807) is 19.2 Å². The van der Waals surface area contributed by atoms with Crippen LogP contribution in [0, 0.1) is 6.92 Å². The third-order valence-electron chi connectivity index (χ3n) is 4.56. The molecule has 152 valence electrons. The number of nitrogens with one attached hydrogen (secondary N) is 1. The van der Waals surface area contributed by atoms with Gasteiger partial charge in [0.25, 0.3) is 5.91 Å². The molecule has 30 heavy (non-hydrogen) atoms. The van der Waals surface area contributed by atoms with Gasteiger partial charge in [-0.1, -0.05) is 6.07 Å². The Morgan fingerprint density at radius 2 is 1.93 bits per heavy atom. The second kappa shape index (κ2) is 6.79. The number of hydrogen-bond donors (Lipinski definition) is 3. The molecule has 0 radical (unpaired) electrons. The van der Waals surface area contributed by atoms with E-state index in [0.717, 1.165) is 17.8 Å². The molecule has 3 aromatic heterocycles. The zero-order valence-corrected chi connectivity index (χ0v) is 15.4. The van der Waals surface area contributed by atoms with E-state index in [1.807, 2.05) is 6.07 Å². The van der Waals surface area contributed by atoms with Gasteiger partial charge in [0.1, 0.15) is 5.69 Å². The lowest BCUT2D eigenvalue weighted by Crippen LogP contribution is -2.18. The van der Waals surface area contributed by atoms with Crippen molar-refractivity contribution >= 4 is 22.5 Å². The molecule has 0 aliphatic heterocycles. The van der Waals surface area contributed by atoms with Crippen LogP contribution in [-0.2, 0) is 6.18 Å². The summed E-state index contributed by atoms with van der Waals surface area (Å²) in [6.45, 7) is 1.81. The molecule has 0 spiro atoms. The van der Waals surface area contributed by atoms with Crippen LogP contribution in [-0.4, -0.2) is 31.1 Å². The zero-order valence-electron chi connectivity index (χ0n) is 15.4. The number of anilines is 1. The maximum absolute atomic E-state index is 13.1. The molecule has 1 amide bonds. The molecule has 3 heterocycles. The number of aromatic amines is 1. The fourth-order valence-electron chi connectivity index (χ4n) is 3.14. The second-order valence-electron chi connectivity index (χ2n) is 6.54. The van der Waals surface area contributed by atoms with E-state index >= 15 is 0 Å². The van der Waals surface area contributed by atoms with Crippen LogP contribution in [0.2, 0.25) is 0 Å². The molecule has 0 saturated heterocycles. The summed E-state index contributed by atoms with van der Waals surface area (Å²) in [7, 11) is 0. The minimum Gasteiger partial charge on any atom is -0.395 e. The van der Waals surface area contributed by atoms with Crippen molar-refractivity contribution in [3.8, 4) is 22.6 Å². The van der Waals surface area contributed by atoms with E-state index in [4.69, 9.17) is 11.5 Å². The lowest BCUT2D eigenvalue weighted by Gasteiger charge is -2.14. The number of hydrogen-bond acceptors (Lipinski definition) is 6. The summed E-state index contributed by atoms with van der Waals surface area (Å²) in [4.78, 5) is 23.7. The predicted octanol–water partition coefficient (Wildman–Crippen LogP) is 3.09. The second-order valence-corrected chi connectivity index (χ2v) is 6.54. The number of primary amides is 1. The maximum Gasteiger partial charge on any atom is 0.433 e. The van der Waals surface area contributed by atoms with Crippen molar-refractivity contribution in [2.24, 2.45) is 5.73 Å². The van der Waals surface area contributed by atoms with Crippen molar-refractivity contribution in [2.45, 2.75) is 13.1 Å². The Hall–Kier alpha value is -4.02. The van der Waals surface area contributed by atoms with Crippen LogP contribution in [0.5, 0.6) is 0 Å². The molecule has 11 heteroatoms. The number of aryl methyl sites for hydroxylation is 1. The lowest BCUT2D eigenvalue weighted by atomic mass is 9.99. The molecule has 1 aromatic carbocycles. The number of amides is 1. The molecule has 5 N–H and O–H groups in total. The quantitative estimate of drug-likeness (QED) is 0.472. The summed E-state index contributed by atoms with van der Waals surface area (Å²) >= 11 is 0. The number of nitrogen functional groups attached to an aromatic ring is 1. The van der Waals surface area contributed by atoms with Crippen LogP contribution in [0.1, 0.15) is 21.7 Å². The molecular formula is C19H14F3N7O. The Balaban J connectivity index is 2.02.